The van der Waals surface area contributed by atoms with E-state index in [1.807, 2.05) is 32.0 Å². The second-order valence-electron chi connectivity index (χ2n) is 6.44. The van der Waals surface area contributed by atoms with Crippen molar-refractivity contribution in [2.24, 2.45) is 0 Å². The van der Waals surface area contributed by atoms with Crippen LogP contribution in [0.4, 0.5) is 0 Å². The number of amides is 2. The van der Waals surface area contributed by atoms with Gasteiger partial charge in [-0.25, -0.2) is 0 Å². The Bertz CT molecular complexity index is 604. The number of nitrogens with zero attached hydrogens (tertiary/aromatic N) is 1. The van der Waals surface area contributed by atoms with Crippen LogP contribution < -0.4 is 10.6 Å². The van der Waals surface area contributed by atoms with E-state index in [1.54, 1.807) is 4.90 Å². The van der Waals surface area contributed by atoms with E-state index >= 15 is 0 Å². The van der Waals surface area contributed by atoms with Crippen LogP contribution in [0.15, 0.2) is 18.2 Å². The maximum absolute atomic E-state index is 12.4. The van der Waals surface area contributed by atoms with Crippen molar-refractivity contribution < 1.29 is 19.6 Å². The Labute approximate surface area is 148 Å². The van der Waals surface area contributed by atoms with E-state index in [0.717, 1.165) is 6.42 Å². The lowest BCUT2D eigenvalue weighted by Gasteiger charge is -2.24. The molecule has 0 radical (unpaired) electrons. The predicted molar refractivity (Wildman–Crippen MR) is 95.6 cm³/mol. The van der Waals surface area contributed by atoms with Gasteiger partial charge in [0.15, 0.2) is 0 Å². The van der Waals surface area contributed by atoms with Crippen LogP contribution in [0.2, 0.25) is 0 Å². The molecule has 2 rings (SSSR count). The van der Waals surface area contributed by atoms with Gasteiger partial charge in [-0.15, -0.1) is 0 Å². The minimum atomic E-state index is -1.59. The van der Waals surface area contributed by atoms with Gasteiger partial charge in [-0.2, -0.15) is 0 Å². The topological polar surface area (TPSA) is 102 Å². The van der Waals surface area contributed by atoms with E-state index < -0.39 is 13.2 Å². The zero-order chi connectivity index (χ0) is 18.4. The molecular formula is C17H26BN3O4. The predicted octanol–water partition coefficient (Wildman–Crippen LogP) is -0.488. The molecule has 1 heterocycles. The van der Waals surface area contributed by atoms with Crippen LogP contribution in [-0.2, 0) is 16.1 Å². The van der Waals surface area contributed by atoms with Crippen molar-refractivity contribution in [1.82, 2.24) is 15.5 Å². The Morgan fingerprint density at radius 2 is 1.96 bits per heavy atom. The molecule has 7 nitrogen and oxygen atoms in total. The Hall–Kier alpha value is -1.90. The van der Waals surface area contributed by atoms with E-state index in [2.05, 4.69) is 10.6 Å². The van der Waals surface area contributed by atoms with Gasteiger partial charge in [-0.3, -0.25) is 9.59 Å². The van der Waals surface area contributed by atoms with Gasteiger partial charge in [-0.1, -0.05) is 18.2 Å². The summed E-state index contributed by atoms with van der Waals surface area (Å²) in [6, 6.07) is 5.56. The molecule has 8 heteroatoms. The molecule has 1 aliphatic rings. The van der Waals surface area contributed by atoms with Crippen molar-refractivity contribution in [2.45, 2.75) is 39.3 Å². The summed E-state index contributed by atoms with van der Waals surface area (Å²) >= 11 is 0. The average molecular weight is 347 g/mol. The van der Waals surface area contributed by atoms with Gasteiger partial charge < -0.3 is 25.6 Å². The zero-order valence-corrected chi connectivity index (χ0v) is 14.8. The second-order valence-corrected chi connectivity index (χ2v) is 6.44. The molecule has 1 saturated heterocycles. The van der Waals surface area contributed by atoms with Gasteiger partial charge in [0.25, 0.3) is 0 Å². The van der Waals surface area contributed by atoms with Gasteiger partial charge in [0, 0.05) is 13.1 Å². The lowest BCUT2D eigenvalue weighted by atomic mass is 9.92. The highest BCUT2D eigenvalue weighted by Crippen LogP contribution is 2.17. The molecule has 0 aromatic heterocycles. The maximum atomic E-state index is 12.4. The van der Waals surface area contributed by atoms with Gasteiger partial charge in [0.1, 0.15) is 6.04 Å². The first-order chi connectivity index (χ1) is 11.9. The molecule has 25 heavy (non-hydrogen) atoms. The van der Waals surface area contributed by atoms with E-state index in [0.29, 0.717) is 19.5 Å². The van der Waals surface area contributed by atoms with Crippen LogP contribution in [0, 0.1) is 13.8 Å². The van der Waals surface area contributed by atoms with E-state index in [1.165, 1.54) is 16.7 Å². The molecule has 136 valence electrons. The maximum Gasteiger partial charge on any atom is 0.472 e. The number of benzene rings is 1. The Balaban J connectivity index is 1.86. The molecular weight excluding hydrogens is 321 g/mol. The largest absolute Gasteiger partial charge is 0.472 e. The third-order valence-corrected chi connectivity index (χ3v) is 4.56. The summed E-state index contributed by atoms with van der Waals surface area (Å²) in [6.45, 7) is 5.40. The fourth-order valence-electron chi connectivity index (χ4n) is 3.17. The monoisotopic (exact) mass is 347 g/mol. The molecule has 0 saturated carbocycles. The number of rotatable bonds is 7. The average Bonchev–Trinajstić information content (AvgIpc) is 3.05. The summed E-state index contributed by atoms with van der Waals surface area (Å²) in [7, 11) is -1.59. The molecule has 0 aliphatic carbocycles. The number of carbonyl (C=O) groups is 2. The fourth-order valence-corrected chi connectivity index (χ4v) is 3.17. The summed E-state index contributed by atoms with van der Waals surface area (Å²) in [5.74, 6) is -0.456. The molecule has 1 atom stereocenters. The highest BCUT2D eigenvalue weighted by atomic mass is 16.4. The first-order valence-corrected chi connectivity index (χ1v) is 8.59. The molecule has 0 spiro atoms. The van der Waals surface area contributed by atoms with Crippen molar-refractivity contribution in [3.63, 3.8) is 0 Å². The van der Waals surface area contributed by atoms with Gasteiger partial charge >= 0.3 is 7.12 Å². The van der Waals surface area contributed by atoms with Crippen molar-refractivity contribution in [3.8, 4) is 0 Å². The smallest absolute Gasteiger partial charge is 0.426 e. The summed E-state index contributed by atoms with van der Waals surface area (Å²) in [4.78, 5) is 26.1. The highest BCUT2D eigenvalue weighted by molar-refractivity contribution is 6.41. The Kier molecular flexibility index (Phi) is 6.98. The molecule has 1 fully saturated rings. The first kappa shape index (κ1) is 19.4. The SMILES string of the molecule is Cc1cccc(C)c1CNCC(=O)N1CCCC1C(=O)NCB(O)O. The number of carbonyl (C=O) groups excluding carboxylic acids is 2. The summed E-state index contributed by atoms with van der Waals surface area (Å²) < 4.78 is 0. The van der Waals surface area contributed by atoms with E-state index in [-0.39, 0.29) is 24.8 Å². The quantitative estimate of drug-likeness (QED) is 0.499. The number of aryl methyl sites for hydroxylation is 2. The fraction of sp³-hybridized carbons (Fsp3) is 0.529. The van der Waals surface area contributed by atoms with Crippen LogP contribution in [-0.4, -0.2) is 59.5 Å². The van der Waals surface area contributed by atoms with Crippen LogP contribution in [0.3, 0.4) is 0 Å². The van der Waals surface area contributed by atoms with Crippen LogP contribution in [0.1, 0.15) is 29.5 Å². The highest BCUT2D eigenvalue weighted by Gasteiger charge is 2.33. The van der Waals surface area contributed by atoms with Crippen molar-refractivity contribution >= 4 is 18.9 Å². The lowest BCUT2D eigenvalue weighted by Crippen LogP contribution is -2.50. The normalized spacial score (nSPS) is 16.8. The number of hydrogen-bond donors (Lipinski definition) is 4. The van der Waals surface area contributed by atoms with Crippen LogP contribution in [0.25, 0.3) is 0 Å². The van der Waals surface area contributed by atoms with E-state index in [4.69, 9.17) is 10.0 Å². The number of nitrogens with one attached hydrogen (secondary N) is 2. The molecule has 0 bridgehead atoms. The van der Waals surface area contributed by atoms with Gasteiger partial charge in [-0.05, 0) is 43.4 Å². The summed E-state index contributed by atoms with van der Waals surface area (Å²) in [5.41, 5.74) is 3.55. The van der Waals surface area contributed by atoms with Crippen LogP contribution >= 0.6 is 0 Å². The molecule has 1 aromatic rings. The van der Waals surface area contributed by atoms with Gasteiger partial charge in [0.05, 0.1) is 13.0 Å². The summed E-state index contributed by atoms with van der Waals surface area (Å²) in [6.07, 6.45) is 1.13. The molecule has 1 aromatic carbocycles. The summed E-state index contributed by atoms with van der Waals surface area (Å²) in [5, 5.41) is 23.3. The van der Waals surface area contributed by atoms with Crippen molar-refractivity contribution in [1.29, 1.82) is 0 Å². The minimum absolute atomic E-state index is 0.117. The number of likely N-dealkylation sites (tertiary alicyclic amines) is 1. The molecule has 1 unspecified atom stereocenters. The standard InChI is InChI=1S/C17H26BN3O4/c1-12-5-3-6-13(2)14(12)9-19-10-16(22)21-8-4-7-15(21)17(23)20-11-18(24)25/h3,5-6,15,19,24-25H,4,7-11H2,1-2H3,(H,20,23). The molecule has 2 amide bonds. The van der Waals surface area contributed by atoms with Gasteiger partial charge in [0.2, 0.25) is 11.8 Å². The van der Waals surface area contributed by atoms with Crippen LogP contribution in [0.5, 0.6) is 0 Å². The first-order valence-electron chi connectivity index (χ1n) is 8.59. The van der Waals surface area contributed by atoms with Crippen molar-refractivity contribution in [2.75, 3.05) is 19.5 Å². The Morgan fingerprint density at radius 1 is 1.28 bits per heavy atom. The minimum Gasteiger partial charge on any atom is -0.426 e. The van der Waals surface area contributed by atoms with Crippen molar-refractivity contribution in [3.05, 3.63) is 34.9 Å². The zero-order valence-electron chi connectivity index (χ0n) is 14.8. The Morgan fingerprint density at radius 3 is 2.60 bits per heavy atom. The van der Waals surface area contributed by atoms with E-state index in [9.17, 15) is 9.59 Å². The lowest BCUT2D eigenvalue weighted by molar-refractivity contribution is -0.137. The molecule has 1 aliphatic heterocycles. The molecule has 4 N–H and O–H groups in total. The third kappa shape index (κ3) is 5.29. The number of hydrogen-bond acceptors (Lipinski definition) is 5. The third-order valence-electron chi connectivity index (χ3n) is 4.56. The second kappa shape index (κ2) is 8.98.